The topological polar surface area (TPSA) is 99.3 Å². The average molecular weight is 431 g/mol. The van der Waals surface area contributed by atoms with E-state index in [9.17, 15) is 19.2 Å². The summed E-state index contributed by atoms with van der Waals surface area (Å²) in [4.78, 5) is 53.7. The Labute approximate surface area is 182 Å². The number of imide groups is 1. The smallest absolute Gasteiger partial charge is 0.326 e. The second-order valence-corrected chi connectivity index (χ2v) is 7.89. The first-order valence-corrected chi connectivity index (χ1v) is 10.8. The highest BCUT2D eigenvalue weighted by atomic mass is 16.5. The highest BCUT2D eigenvalue weighted by molar-refractivity contribution is 6.02. The summed E-state index contributed by atoms with van der Waals surface area (Å²) in [5, 5.41) is 2.98. The van der Waals surface area contributed by atoms with Crippen molar-refractivity contribution in [1.29, 1.82) is 0 Å². The van der Waals surface area contributed by atoms with Crippen molar-refractivity contribution in [2.75, 3.05) is 31.6 Å². The van der Waals surface area contributed by atoms with Crippen LogP contribution < -0.4 is 15.0 Å². The number of amides is 5. The predicted molar refractivity (Wildman–Crippen MR) is 115 cm³/mol. The van der Waals surface area contributed by atoms with E-state index >= 15 is 0 Å². The number of rotatable bonds is 8. The van der Waals surface area contributed by atoms with Crippen LogP contribution in [0.5, 0.6) is 5.75 Å². The molecule has 1 saturated heterocycles. The van der Waals surface area contributed by atoms with Crippen LogP contribution in [-0.2, 0) is 14.4 Å². The molecule has 31 heavy (non-hydrogen) atoms. The molecule has 9 heteroatoms. The summed E-state index contributed by atoms with van der Waals surface area (Å²) < 4.78 is 5.88. The number of carbonyl (C=O) groups excluding carboxylic acids is 4. The summed E-state index contributed by atoms with van der Waals surface area (Å²) in [5.74, 6) is -0.186. The molecule has 3 rings (SSSR count). The highest BCUT2D eigenvalue weighted by Crippen LogP contribution is 2.33. The Bertz CT molecular complexity index is 854. The van der Waals surface area contributed by atoms with E-state index < -0.39 is 6.10 Å². The van der Waals surface area contributed by atoms with Gasteiger partial charge in [0, 0.05) is 26.1 Å². The number of carbonyl (C=O) groups is 4. The van der Waals surface area contributed by atoms with Crippen molar-refractivity contribution < 1.29 is 23.9 Å². The minimum Gasteiger partial charge on any atom is -0.477 e. The van der Waals surface area contributed by atoms with Crippen LogP contribution in [0.15, 0.2) is 24.3 Å². The Morgan fingerprint density at radius 2 is 1.90 bits per heavy atom. The number of hydrogen-bond acceptors (Lipinski definition) is 5. The molecule has 1 aromatic carbocycles. The SMILES string of the molecule is CCC(CC)NC(=O)C1CN(C(=O)CCCN2C(=O)CN(C)C2=O)c2ccccc2O1. The van der Waals surface area contributed by atoms with Crippen LogP contribution in [0.2, 0.25) is 0 Å². The van der Waals surface area contributed by atoms with Gasteiger partial charge in [-0.1, -0.05) is 26.0 Å². The lowest BCUT2D eigenvalue weighted by Gasteiger charge is -2.35. The Hall–Kier alpha value is -3.10. The van der Waals surface area contributed by atoms with Gasteiger partial charge in [-0.3, -0.25) is 19.3 Å². The maximum atomic E-state index is 13.0. The van der Waals surface area contributed by atoms with Crippen LogP contribution in [0.1, 0.15) is 39.5 Å². The van der Waals surface area contributed by atoms with E-state index in [0.29, 0.717) is 17.9 Å². The number of para-hydroxylation sites is 2. The second-order valence-electron chi connectivity index (χ2n) is 7.89. The first-order valence-electron chi connectivity index (χ1n) is 10.8. The van der Waals surface area contributed by atoms with Gasteiger partial charge < -0.3 is 19.9 Å². The maximum Gasteiger partial charge on any atom is 0.326 e. The summed E-state index contributed by atoms with van der Waals surface area (Å²) in [6.07, 6.45) is 1.34. The molecule has 1 N–H and O–H groups in total. The molecule has 2 aliphatic rings. The summed E-state index contributed by atoms with van der Waals surface area (Å²) in [6, 6.07) is 6.85. The summed E-state index contributed by atoms with van der Waals surface area (Å²) in [7, 11) is 1.57. The molecule has 1 aromatic rings. The van der Waals surface area contributed by atoms with Crippen molar-refractivity contribution in [3.63, 3.8) is 0 Å². The zero-order chi connectivity index (χ0) is 22.5. The lowest BCUT2D eigenvalue weighted by molar-refractivity contribution is -0.129. The molecule has 168 valence electrons. The van der Waals surface area contributed by atoms with Crippen LogP contribution >= 0.6 is 0 Å². The van der Waals surface area contributed by atoms with Crippen LogP contribution in [0.25, 0.3) is 0 Å². The zero-order valence-electron chi connectivity index (χ0n) is 18.3. The van der Waals surface area contributed by atoms with Gasteiger partial charge >= 0.3 is 6.03 Å². The van der Waals surface area contributed by atoms with Gasteiger partial charge in [-0.25, -0.2) is 4.79 Å². The van der Waals surface area contributed by atoms with Crippen molar-refractivity contribution in [2.45, 2.75) is 51.7 Å². The Morgan fingerprint density at radius 1 is 1.19 bits per heavy atom. The van der Waals surface area contributed by atoms with Crippen molar-refractivity contribution in [2.24, 2.45) is 0 Å². The number of ether oxygens (including phenoxy) is 1. The quantitative estimate of drug-likeness (QED) is 0.634. The summed E-state index contributed by atoms with van der Waals surface area (Å²) in [6.45, 7) is 4.39. The van der Waals surface area contributed by atoms with E-state index in [0.717, 1.165) is 12.8 Å². The molecule has 0 aromatic heterocycles. The van der Waals surface area contributed by atoms with Crippen molar-refractivity contribution >= 4 is 29.4 Å². The molecule has 0 radical (unpaired) electrons. The number of hydrogen-bond donors (Lipinski definition) is 1. The van der Waals surface area contributed by atoms with Gasteiger partial charge in [0.25, 0.3) is 5.91 Å². The molecule has 9 nitrogen and oxygen atoms in total. The van der Waals surface area contributed by atoms with Gasteiger partial charge in [-0.15, -0.1) is 0 Å². The molecule has 1 atom stereocenters. The third-order valence-electron chi connectivity index (χ3n) is 5.70. The van der Waals surface area contributed by atoms with Gasteiger partial charge in [0.1, 0.15) is 12.3 Å². The number of urea groups is 1. The predicted octanol–water partition coefficient (Wildman–Crippen LogP) is 1.76. The third kappa shape index (κ3) is 4.98. The number of nitrogens with one attached hydrogen (secondary N) is 1. The number of anilines is 1. The Kier molecular flexibility index (Phi) is 7.14. The highest BCUT2D eigenvalue weighted by Gasteiger charge is 2.35. The third-order valence-corrected chi connectivity index (χ3v) is 5.70. The monoisotopic (exact) mass is 430 g/mol. The van der Waals surface area contributed by atoms with Crippen LogP contribution in [0.3, 0.4) is 0 Å². The minimum absolute atomic E-state index is 0.0612. The van der Waals surface area contributed by atoms with Gasteiger partial charge in [0.2, 0.25) is 11.8 Å². The normalized spacial score (nSPS) is 18.3. The zero-order valence-corrected chi connectivity index (χ0v) is 18.3. The van der Waals surface area contributed by atoms with Gasteiger partial charge in [-0.2, -0.15) is 0 Å². The Morgan fingerprint density at radius 3 is 2.55 bits per heavy atom. The molecule has 0 spiro atoms. The lowest BCUT2D eigenvalue weighted by atomic mass is 10.1. The standard InChI is InChI=1S/C22H30N4O5/c1-4-15(5-2)23-21(29)18-13-26(16-9-6-7-10-17(16)31-18)19(27)11-8-12-25-20(28)14-24(3)22(25)30/h6-7,9-10,15,18H,4-5,8,11-14H2,1-3H3,(H,23,29). The fourth-order valence-electron chi connectivity index (χ4n) is 3.81. The molecule has 0 bridgehead atoms. The van der Waals surface area contributed by atoms with Gasteiger partial charge in [-0.05, 0) is 31.4 Å². The molecule has 1 unspecified atom stereocenters. The summed E-state index contributed by atoms with van der Waals surface area (Å²) in [5.41, 5.74) is 0.618. The van der Waals surface area contributed by atoms with Crippen LogP contribution in [0, 0.1) is 0 Å². The van der Waals surface area contributed by atoms with E-state index in [4.69, 9.17) is 4.74 Å². The maximum absolute atomic E-state index is 13.0. The summed E-state index contributed by atoms with van der Waals surface area (Å²) >= 11 is 0. The minimum atomic E-state index is -0.796. The van der Waals surface area contributed by atoms with Gasteiger partial charge in [0.15, 0.2) is 6.10 Å². The van der Waals surface area contributed by atoms with E-state index in [2.05, 4.69) is 5.32 Å². The molecule has 1 fully saturated rings. The second kappa shape index (κ2) is 9.80. The number of likely N-dealkylation sites (N-methyl/N-ethyl adjacent to an activating group) is 1. The number of benzene rings is 1. The molecular weight excluding hydrogens is 400 g/mol. The first-order chi connectivity index (χ1) is 14.8. The first kappa shape index (κ1) is 22.6. The van der Waals surface area contributed by atoms with E-state index in [-0.39, 0.29) is 55.8 Å². The van der Waals surface area contributed by atoms with Crippen molar-refractivity contribution in [1.82, 2.24) is 15.1 Å². The van der Waals surface area contributed by atoms with Crippen molar-refractivity contribution in [3.05, 3.63) is 24.3 Å². The molecule has 2 aliphatic heterocycles. The van der Waals surface area contributed by atoms with Crippen LogP contribution in [0.4, 0.5) is 10.5 Å². The fraction of sp³-hybridized carbons (Fsp3) is 0.545. The molecule has 2 heterocycles. The van der Waals surface area contributed by atoms with E-state index in [1.807, 2.05) is 19.9 Å². The lowest BCUT2D eigenvalue weighted by Crippen LogP contribution is -2.52. The van der Waals surface area contributed by atoms with E-state index in [1.165, 1.54) is 9.80 Å². The molecule has 0 saturated carbocycles. The fourth-order valence-corrected chi connectivity index (χ4v) is 3.81. The number of fused-ring (bicyclic) bond motifs is 1. The Balaban J connectivity index is 1.65. The molecule has 5 amide bonds. The number of nitrogens with zero attached hydrogens (tertiary/aromatic N) is 3. The van der Waals surface area contributed by atoms with E-state index in [1.54, 1.807) is 30.1 Å². The van der Waals surface area contributed by atoms with Crippen LogP contribution in [-0.4, -0.2) is 72.4 Å². The molecule has 0 aliphatic carbocycles. The van der Waals surface area contributed by atoms with Crippen molar-refractivity contribution in [3.8, 4) is 5.75 Å². The average Bonchev–Trinajstić information content (AvgIpc) is 3.02. The largest absolute Gasteiger partial charge is 0.477 e. The molecular formula is C22H30N4O5. The van der Waals surface area contributed by atoms with Gasteiger partial charge in [0.05, 0.1) is 12.2 Å².